The van der Waals surface area contributed by atoms with E-state index in [9.17, 15) is 9.59 Å². The van der Waals surface area contributed by atoms with Gasteiger partial charge in [-0.05, 0) is 54.9 Å². The smallest absolute Gasteiger partial charge is 0.335 e. The van der Waals surface area contributed by atoms with E-state index in [1.165, 1.54) is 18.2 Å². The van der Waals surface area contributed by atoms with Crippen molar-refractivity contribution in [3.8, 4) is 0 Å². The van der Waals surface area contributed by atoms with Crippen molar-refractivity contribution in [2.75, 3.05) is 5.32 Å². The molecule has 3 N–H and O–H groups in total. The van der Waals surface area contributed by atoms with Crippen molar-refractivity contribution in [3.05, 3.63) is 28.2 Å². The minimum Gasteiger partial charge on any atom is -0.478 e. The van der Waals surface area contributed by atoms with E-state index in [1.54, 1.807) is 0 Å². The predicted molar refractivity (Wildman–Crippen MR) is 73.0 cm³/mol. The van der Waals surface area contributed by atoms with Gasteiger partial charge in [0.1, 0.15) is 0 Å². The number of urea groups is 1. The van der Waals surface area contributed by atoms with Crippen LogP contribution in [0.3, 0.4) is 0 Å². The largest absolute Gasteiger partial charge is 0.478 e. The molecule has 0 atom stereocenters. The van der Waals surface area contributed by atoms with Gasteiger partial charge in [0.05, 0.1) is 11.3 Å². The van der Waals surface area contributed by atoms with Gasteiger partial charge in [-0.15, -0.1) is 0 Å². The Morgan fingerprint density at radius 3 is 2.33 bits per heavy atom. The summed E-state index contributed by atoms with van der Waals surface area (Å²) in [5, 5.41) is 14.2. The normalized spacial score (nSPS) is 10.9. The standard InChI is InChI=1S/C12H15BrN2O3/c1-12(2,3)15-11(18)14-9-5-4-7(10(16)17)6-8(9)13/h4-6H,1-3H3,(H,16,17)(H2,14,15,18). The number of nitrogens with one attached hydrogen (secondary N) is 2. The van der Waals surface area contributed by atoms with Gasteiger partial charge in [-0.3, -0.25) is 0 Å². The van der Waals surface area contributed by atoms with Crippen LogP contribution in [0.25, 0.3) is 0 Å². The van der Waals surface area contributed by atoms with Crippen LogP contribution < -0.4 is 10.6 Å². The van der Waals surface area contributed by atoms with Crippen LogP contribution in [0.5, 0.6) is 0 Å². The average Bonchev–Trinajstić information content (AvgIpc) is 2.17. The van der Waals surface area contributed by atoms with Crippen LogP contribution in [-0.4, -0.2) is 22.6 Å². The number of amides is 2. The third-order valence-corrected chi connectivity index (χ3v) is 2.61. The first-order valence-corrected chi connectivity index (χ1v) is 6.10. The second kappa shape index (κ2) is 5.39. The molecule has 5 nitrogen and oxygen atoms in total. The molecule has 0 fully saturated rings. The van der Waals surface area contributed by atoms with E-state index in [4.69, 9.17) is 5.11 Å². The molecule has 0 spiro atoms. The Labute approximate surface area is 114 Å². The highest BCUT2D eigenvalue weighted by Gasteiger charge is 2.15. The van der Waals surface area contributed by atoms with Crippen LogP contribution in [0.2, 0.25) is 0 Å². The van der Waals surface area contributed by atoms with Crippen molar-refractivity contribution >= 4 is 33.6 Å². The van der Waals surface area contributed by atoms with E-state index in [0.29, 0.717) is 10.2 Å². The number of hydrogen-bond acceptors (Lipinski definition) is 2. The molecule has 6 heteroatoms. The molecule has 0 aliphatic heterocycles. The molecular formula is C12H15BrN2O3. The molecule has 98 valence electrons. The van der Waals surface area contributed by atoms with E-state index in [0.717, 1.165) is 0 Å². The van der Waals surface area contributed by atoms with Crippen molar-refractivity contribution in [1.29, 1.82) is 0 Å². The van der Waals surface area contributed by atoms with Crippen LogP contribution in [0.15, 0.2) is 22.7 Å². The van der Waals surface area contributed by atoms with Gasteiger partial charge in [0.15, 0.2) is 0 Å². The van der Waals surface area contributed by atoms with Gasteiger partial charge in [0.25, 0.3) is 0 Å². The maximum absolute atomic E-state index is 11.6. The monoisotopic (exact) mass is 314 g/mol. The maximum atomic E-state index is 11.6. The summed E-state index contributed by atoms with van der Waals surface area (Å²) in [6.07, 6.45) is 0. The Hall–Kier alpha value is -1.56. The van der Waals surface area contributed by atoms with Gasteiger partial charge in [0, 0.05) is 10.0 Å². The number of carboxylic acids is 1. The first kappa shape index (κ1) is 14.5. The minimum atomic E-state index is -1.01. The summed E-state index contributed by atoms with van der Waals surface area (Å²) in [4.78, 5) is 22.4. The van der Waals surface area contributed by atoms with E-state index in [-0.39, 0.29) is 17.1 Å². The molecule has 1 aromatic rings. The minimum absolute atomic E-state index is 0.156. The average molecular weight is 315 g/mol. The topological polar surface area (TPSA) is 78.4 Å². The zero-order chi connectivity index (χ0) is 13.9. The number of anilines is 1. The molecule has 0 saturated carbocycles. The highest BCUT2D eigenvalue weighted by molar-refractivity contribution is 9.10. The lowest BCUT2D eigenvalue weighted by molar-refractivity contribution is 0.0697. The second-order valence-electron chi connectivity index (χ2n) is 4.83. The van der Waals surface area contributed by atoms with Crippen LogP contribution in [0, 0.1) is 0 Å². The molecule has 0 aliphatic carbocycles. The molecule has 1 aromatic carbocycles. The molecule has 0 unspecified atom stereocenters. The van der Waals surface area contributed by atoms with Gasteiger partial charge in [-0.25, -0.2) is 9.59 Å². The van der Waals surface area contributed by atoms with Gasteiger partial charge in [-0.2, -0.15) is 0 Å². The summed E-state index contributed by atoms with van der Waals surface area (Å²) < 4.78 is 0.520. The number of benzene rings is 1. The van der Waals surface area contributed by atoms with Crippen molar-refractivity contribution < 1.29 is 14.7 Å². The van der Waals surface area contributed by atoms with Gasteiger partial charge >= 0.3 is 12.0 Å². The Morgan fingerprint density at radius 1 is 1.28 bits per heavy atom. The molecule has 0 radical (unpaired) electrons. The molecule has 0 aromatic heterocycles. The number of carbonyl (C=O) groups is 2. The zero-order valence-corrected chi connectivity index (χ0v) is 12.0. The Balaban J connectivity index is 2.80. The Bertz CT molecular complexity index is 481. The van der Waals surface area contributed by atoms with Gasteiger partial charge in [0.2, 0.25) is 0 Å². The van der Waals surface area contributed by atoms with Crippen LogP contribution >= 0.6 is 15.9 Å². The fraction of sp³-hybridized carbons (Fsp3) is 0.333. The highest BCUT2D eigenvalue weighted by atomic mass is 79.9. The lowest BCUT2D eigenvalue weighted by Crippen LogP contribution is -2.43. The van der Waals surface area contributed by atoms with Crippen molar-refractivity contribution in [3.63, 3.8) is 0 Å². The quantitative estimate of drug-likeness (QED) is 0.785. The third-order valence-electron chi connectivity index (χ3n) is 1.95. The van der Waals surface area contributed by atoms with E-state index in [1.807, 2.05) is 20.8 Å². The molecule has 0 aliphatic rings. The van der Waals surface area contributed by atoms with Crippen molar-refractivity contribution in [2.45, 2.75) is 26.3 Å². The molecule has 0 heterocycles. The number of rotatable bonds is 2. The van der Waals surface area contributed by atoms with E-state index < -0.39 is 5.97 Å². The Morgan fingerprint density at radius 2 is 1.89 bits per heavy atom. The fourth-order valence-corrected chi connectivity index (χ4v) is 1.72. The van der Waals surface area contributed by atoms with E-state index >= 15 is 0 Å². The zero-order valence-electron chi connectivity index (χ0n) is 10.4. The maximum Gasteiger partial charge on any atom is 0.335 e. The molecule has 1 rings (SSSR count). The molecule has 0 saturated heterocycles. The summed E-state index contributed by atoms with van der Waals surface area (Å²) in [7, 11) is 0. The number of carbonyl (C=O) groups excluding carboxylic acids is 1. The first-order valence-electron chi connectivity index (χ1n) is 5.31. The predicted octanol–water partition coefficient (Wildman–Crippen LogP) is 3.07. The van der Waals surface area contributed by atoms with Crippen molar-refractivity contribution in [2.24, 2.45) is 0 Å². The SMILES string of the molecule is CC(C)(C)NC(=O)Nc1ccc(C(=O)O)cc1Br. The fourth-order valence-electron chi connectivity index (χ4n) is 1.24. The number of carboxylic acid groups (broad SMARTS) is 1. The lowest BCUT2D eigenvalue weighted by atomic mass is 10.1. The molecule has 2 amide bonds. The summed E-state index contributed by atoms with van der Waals surface area (Å²) in [6, 6.07) is 4.07. The number of aromatic carboxylic acids is 1. The molecular weight excluding hydrogens is 300 g/mol. The van der Waals surface area contributed by atoms with Crippen molar-refractivity contribution in [1.82, 2.24) is 5.32 Å². The molecule has 18 heavy (non-hydrogen) atoms. The number of halogens is 1. The first-order chi connectivity index (χ1) is 8.19. The third kappa shape index (κ3) is 4.37. The van der Waals surface area contributed by atoms with Crippen LogP contribution in [-0.2, 0) is 0 Å². The molecule has 0 bridgehead atoms. The lowest BCUT2D eigenvalue weighted by Gasteiger charge is -2.21. The summed E-state index contributed by atoms with van der Waals surface area (Å²) in [6.45, 7) is 5.61. The summed E-state index contributed by atoms with van der Waals surface area (Å²) >= 11 is 3.22. The summed E-state index contributed by atoms with van der Waals surface area (Å²) in [5.74, 6) is -1.01. The second-order valence-corrected chi connectivity index (χ2v) is 5.68. The van der Waals surface area contributed by atoms with Gasteiger partial charge < -0.3 is 15.7 Å². The van der Waals surface area contributed by atoms with Gasteiger partial charge in [-0.1, -0.05) is 0 Å². The number of hydrogen-bond donors (Lipinski definition) is 3. The van der Waals surface area contributed by atoms with E-state index in [2.05, 4.69) is 26.6 Å². The van der Waals surface area contributed by atoms with Crippen LogP contribution in [0.4, 0.5) is 10.5 Å². The Kier molecular flexibility index (Phi) is 4.34. The van der Waals surface area contributed by atoms with Crippen LogP contribution in [0.1, 0.15) is 31.1 Å². The highest BCUT2D eigenvalue weighted by Crippen LogP contribution is 2.23. The summed E-state index contributed by atoms with van der Waals surface area (Å²) in [5.41, 5.74) is 0.336.